The number of halogens is 1. The normalized spacial score (nSPS) is 10.5. The molecule has 2 N–H and O–H groups in total. The Morgan fingerprint density at radius 2 is 2.08 bits per heavy atom. The molecule has 8 heteroatoms. The minimum absolute atomic E-state index is 0.127. The molecule has 25 heavy (non-hydrogen) atoms. The fraction of sp³-hybridized carbons (Fsp3) is 0.118. The molecule has 0 unspecified atom stereocenters. The van der Waals surface area contributed by atoms with Gasteiger partial charge in [0.05, 0.1) is 9.72 Å². The van der Waals surface area contributed by atoms with Crippen LogP contribution in [0, 0.1) is 6.92 Å². The van der Waals surface area contributed by atoms with E-state index in [9.17, 15) is 4.79 Å². The molecule has 1 amide bonds. The van der Waals surface area contributed by atoms with Crippen LogP contribution in [0.15, 0.2) is 42.5 Å². The summed E-state index contributed by atoms with van der Waals surface area (Å²) in [5.74, 6) is 0.317. The number of hydrogen-bond acceptors (Lipinski definition) is 5. The summed E-state index contributed by atoms with van der Waals surface area (Å²) in [5, 5.41) is 6.76. The van der Waals surface area contributed by atoms with Crippen LogP contribution >= 0.6 is 35.2 Å². The van der Waals surface area contributed by atoms with Crippen molar-refractivity contribution in [3.8, 4) is 5.75 Å². The van der Waals surface area contributed by atoms with Crippen LogP contribution in [0.25, 0.3) is 10.2 Å². The number of thiazole rings is 1. The van der Waals surface area contributed by atoms with E-state index in [2.05, 4.69) is 15.6 Å². The van der Waals surface area contributed by atoms with Gasteiger partial charge in [0.25, 0.3) is 5.91 Å². The second-order valence-electron chi connectivity index (χ2n) is 5.16. The fourth-order valence-corrected chi connectivity index (χ4v) is 3.57. The minimum Gasteiger partial charge on any atom is -0.483 e. The van der Waals surface area contributed by atoms with E-state index in [0.717, 1.165) is 10.3 Å². The molecular weight excluding hydrogens is 378 g/mol. The van der Waals surface area contributed by atoms with Gasteiger partial charge in [-0.05, 0) is 42.9 Å². The number of ether oxygens (including phenoxy) is 1. The second kappa shape index (κ2) is 7.77. The molecule has 0 saturated heterocycles. The molecule has 0 radical (unpaired) electrons. The highest BCUT2D eigenvalue weighted by molar-refractivity contribution is 7.80. The summed E-state index contributed by atoms with van der Waals surface area (Å²) < 4.78 is 6.42. The van der Waals surface area contributed by atoms with Crippen molar-refractivity contribution in [3.63, 3.8) is 0 Å². The molecular formula is C17H14ClN3O2S2. The van der Waals surface area contributed by atoms with Crippen LogP contribution in [-0.2, 0) is 4.79 Å². The van der Waals surface area contributed by atoms with E-state index < -0.39 is 0 Å². The first kappa shape index (κ1) is 17.6. The van der Waals surface area contributed by atoms with Crippen molar-refractivity contribution >= 4 is 61.5 Å². The SMILES string of the molecule is Cc1ccccc1OCC(=O)NC(=S)Nc1nc2c(Cl)cccc2s1. The van der Waals surface area contributed by atoms with E-state index >= 15 is 0 Å². The largest absolute Gasteiger partial charge is 0.483 e. The van der Waals surface area contributed by atoms with Crippen molar-refractivity contribution < 1.29 is 9.53 Å². The lowest BCUT2D eigenvalue weighted by Crippen LogP contribution is -2.37. The number of nitrogens with one attached hydrogen (secondary N) is 2. The van der Waals surface area contributed by atoms with Gasteiger partial charge in [-0.15, -0.1) is 0 Å². The van der Waals surface area contributed by atoms with E-state index in [-0.39, 0.29) is 17.6 Å². The maximum atomic E-state index is 12.0. The lowest BCUT2D eigenvalue weighted by atomic mass is 10.2. The molecule has 0 bridgehead atoms. The Morgan fingerprint density at radius 3 is 2.84 bits per heavy atom. The Morgan fingerprint density at radius 1 is 1.28 bits per heavy atom. The Balaban J connectivity index is 1.55. The van der Waals surface area contributed by atoms with Crippen LogP contribution in [-0.4, -0.2) is 22.6 Å². The third kappa shape index (κ3) is 4.45. The molecule has 0 atom stereocenters. The van der Waals surface area contributed by atoms with Crippen molar-refractivity contribution in [2.45, 2.75) is 6.92 Å². The first-order chi connectivity index (χ1) is 12.0. The van der Waals surface area contributed by atoms with E-state index in [1.54, 1.807) is 6.07 Å². The van der Waals surface area contributed by atoms with Gasteiger partial charge in [0.1, 0.15) is 11.3 Å². The number of amides is 1. The first-order valence-corrected chi connectivity index (χ1v) is 8.97. The summed E-state index contributed by atoms with van der Waals surface area (Å²) in [5.41, 5.74) is 1.66. The quantitative estimate of drug-likeness (QED) is 0.654. The number of rotatable bonds is 4. The highest BCUT2D eigenvalue weighted by Crippen LogP contribution is 2.30. The van der Waals surface area contributed by atoms with Crippen LogP contribution in [0.1, 0.15) is 5.56 Å². The van der Waals surface area contributed by atoms with Crippen LogP contribution in [0.3, 0.4) is 0 Å². The van der Waals surface area contributed by atoms with Gasteiger partial charge >= 0.3 is 0 Å². The van der Waals surface area contributed by atoms with Gasteiger partial charge in [0.15, 0.2) is 16.9 Å². The highest BCUT2D eigenvalue weighted by atomic mass is 35.5. The predicted octanol–water partition coefficient (Wildman–Crippen LogP) is 4.15. The number of nitrogens with zero attached hydrogens (tertiary/aromatic N) is 1. The van der Waals surface area contributed by atoms with Crippen molar-refractivity contribution in [2.75, 3.05) is 11.9 Å². The number of aromatic nitrogens is 1. The van der Waals surface area contributed by atoms with Gasteiger partial charge in [-0.2, -0.15) is 0 Å². The van der Waals surface area contributed by atoms with E-state index in [4.69, 9.17) is 28.6 Å². The van der Waals surface area contributed by atoms with Gasteiger partial charge in [0, 0.05) is 0 Å². The fourth-order valence-electron chi connectivity index (χ4n) is 2.12. The predicted molar refractivity (Wildman–Crippen MR) is 106 cm³/mol. The Labute approximate surface area is 159 Å². The molecule has 2 aromatic carbocycles. The minimum atomic E-state index is -0.347. The van der Waals surface area contributed by atoms with Crippen LogP contribution < -0.4 is 15.4 Å². The van der Waals surface area contributed by atoms with E-state index in [0.29, 0.717) is 21.4 Å². The zero-order valence-electron chi connectivity index (χ0n) is 13.2. The third-order valence-corrected chi connectivity index (χ3v) is 4.74. The molecule has 0 aliphatic carbocycles. The smallest absolute Gasteiger partial charge is 0.264 e. The van der Waals surface area contributed by atoms with Crippen LogP contribution in [0.2, 0.25) is 5.02 Å². The van der Waals surface area contributed by atoms with Gasteiger partial charge in [-0.1, -0.05) is 47.2 Å². The molecule has 5 nitrogen and oxygen atoms in total. The Bertz CT molecular complexity index is 943. The van der Waals surface area contributed by atoms with Crippen LogP contribution in [0.4, 0.5) is 5.13 Å². The molecule has 3 aromatic rings. The number of aryl methyl sites for hydroxylation is 1. The topological polar surface area (TPSA) is 63.2 Å². The average molecular weight is 392 g/mol. The average Bonchev–Trinajstić information content (AvgIpc) is 2.98. The maximum absolute atomic E-state index is 12.0. The summed E-state index contributed by atoms with van der Waals surface area (Å²) in [6, 6.07) is 13.0. The molecule has 3 rings (SSSR count). The lowest BCUT2D eigenvalue weighted by molar-refractivity contribution is -0.121. The lowest BCUT2D eigenvalue weighted by Gasteiger charge is -2.10. The maximum Gasteiger partial charge on any atom is 0.264 e. The molecule has 0 saturated carbocycles. The molecule has 0 aliphatic rings. The van der Waals surface area contributed by atoms with E-state index in [1.165, 1.54) is 11.3 Å². The van der Waals surface area contributed by atoms with Gasteiger partial charge in [-0.25, -0.2) is 4.98 Å². The zero-order valence-corrected chi connectivity index (χ0v) is 15.6. The number of para-hydroxylation sites is 2. The van der Waals surface area contributed by atoms with E-state index in [1.807, 2.05) is 43.3 Å². The molecule has 1 heterocycles. The number of fused-ring (bicyclic) bond motifs is 1. The van der Waals surface area contributed by atoms with Gasteiger partial charge in [-0.3, -0.25) is 10.1 Å². The zero-order chi connectivity index (χ0) is 17.8. The number of benzene rings is 2. The Hall–Kier alpha value is -2.22. The highest BCUT2D eigenvalue weighted by Gasteiger charge is 2.10. The summed E-state index contributed by atoms with van der Waals surface area (Å²) in [7, 11) is 0. The molecule has 1 aromatic heterocycles. The van der Waals surface area contributed by atoms with Gasteiger partial charge in [0.2, 0.25) is 0 Å². The first-order valence-electron chi connectivity index (χ1n) is 7.37. The van der Waals surface area contributed by atoms with Crippen molar-refractivity contribution in [3.05, 3.63) is 53.1 Å². The number of thiocarbonyl (C=S) groups is 1. The summed E-state index contributed by atoms with van der Waals surface area (Å²) in [6.07, 6.45) is 0. The molecule has 0 aliphatic heterocycles. The van der Waals surface area contributed by atoms with Crippen LogP contribution in [0.5, 0.6) is 5.75 Å². The number of hydrogen-bond donors (Lipinski definition) is 2. The number of carbonyl (C=O) groups is 1. The molecule has 0 spiro atoms. The number of anilines is 1. The van der Waals surface area contributed by atoms with Gasteiger partial charge < -0.3 is 10.1 Å². The monoisotopic (exact) mass is 391 g/mol. The third-order valence-electron chi connectivity index (χ3n) is 3.30. The molecule has 0 fully saturated rings. The van der Waals surface area contributed by atoms with Crippen molar-refractivity contribution in [1.82, 2.24) is 10.3 Å². The van der Waals surface area contributed by atoms with Crippen molar-refractivity contribution in [1.29, 1.82) is 0 Å². The second-order valence-corrected chi connectivity index (χ2v) is 7.01. The standard InChI is InChI=1S/C17H14ClN3O2S2/c1-10-5-2-3-7-12(10)23-9-14(22)19-16(24)21-17-20-15-11(18)6-4-8-13(15)25-17/h2-8H,9H2,1H3,(H2,19,20,21,22,24). The summed E-state index contributed by atoms with van der Waals surface area (Å²) >= 11 is 12.6. The molecule has 128 valence electrons. The Kier molecular flexibility index (Phi) is 5.47. The summed E-state index contributed by atoms with van der Waals surface area (Å²) in [6.45, 7) is 1.79. The van der Waals surface area contributed by atoms with Crippen molar-refractivity contribution in [2.24, 2.45) is 0 Å². The summed E-state index contributed by atoms with van der Waals surface area (Å²) in [4.78, 5) is 16.3. The number of carbonyl (C=O) groups excluding carboxylic acids is 1.